The summed E-state index contributed by atoms with van der Waals surface area (Å²) in [6, 6.07) is 25.2. The molecule has 4 rings (SSSR count). The molecule has 38 heavy (non-hydrogen) atoms. The minimum absolute atomic E-state index is 0.0493. The maximum Gasteiger partial charge on any atom is 0.313 e. The van der Waals surface area contributed by atoms with Crippen LogP contribution in [0.25, 0.3) is 0 Å². The van der Waals surface area contributed by atoms with E-state index in [1.807, 2.05) is 36.4 Å². The Labute approximate surface area is 224 Å². The first-order chi connectivity index (χ1) is 18.3. The van der Waals surface area contributed by atoms with Crippen molar-refractivity contribution >= 4 is 11.8 Å². The van der Waals surface area contributed by atoms with Crippen molar-refractivity contribution < 1.29 is 24.5 Å². The summed E-state index contributed by atoms with van der Waals surface area (Å²) in [5.41, 5.74) is 1.79. The zero-order valence-corrected chi connectivity index (χ0v) is 22.2. The van der Waals surface area contributed by atoms with E-state index < -0.39 is 11.4 Å². The van der Waals surface area contributed by atoms with Gasteiger partial charge in [0, 0.05) is 30.6 Å². The zero-order chi connectivity index (χ0) is 27.1. The second-order valence-corrected chi connectivity index (χ2v) is 10.6. The highest BCUT2D eigenvalue weighted by Gasteiger charge is 2.32. The number of hydrogen-bond donors (Lipinski definition) is 2. The van der Waals surface area contributed by atoms with Gasteiger partial charge in [-0.05, 0) is 56.8 Å². The van der Waals surface area contributed by atoms with Gasteiger partial charge in [0.05, 0.1) is 11.5 Å². The molecule has 1 heterocycles. The van der Waals surface area contributed by atoms with Crippen molar-refractivity contribution in [2.75, 3.05) is 19.6 Å². The molecule has 0 atom stereocenters. The summed E-state index contributed by atoms with van der Waals surface area (Å²) in [4.78, 5) is 26.6. The van der Waals surface area contributed by atoms with Crippen molar-refractivity contribution in [3.05, 3.63) is 101 Å². The van der Waals surface area contributed by atoms with Crippen molar-refractivity contribution in [2.45, 2.75) is 57.2 Å². The number of carbonyl (C=O) groups is 2. The Balaban J connectivity index is 1.26. The Morgan fingerprint density at radius 3 is 2.05 bits per heavy atom. The topological polar surface area (TPSA) is 87.1 Å². The third-order valence-electron chi connectivity index (χ3n) is 7.47. The van der Waals surface area contributed by atoms with Gasteiger partial charge in [-0.2, -0.15) is 0 Å². The number of carboxylic acid groups (broad SMARTS) is 1. The van der Waals surface area contributed by atoms with Crippen molar-refractivity contribution in [2.24, 2.45) is 0 Å². The van der Waals surface area contributed by atoms with Crippen LogP contribution in [0.15, 0.2) is 78.9 Å². The van der Waals surface area contributed by atoms with Crippen LogP contribution in [0.3, 0.4) is 0 Å². The number of carboxylic acids is 1. The molecule has 0 aliphatic carbocycles. The second-order valence-electron chi connectivity index (χ2n) is 10.6. The van der Waals surface area contributed by atoms with Gasteiger partial charge in [-0.15, -0.1) is 0 Å². The highest BCUT2D eigenvalue weighted by atomic mass is 16.5. The van der Waals surface area contributed by atoms with E-state index in [2.05, 4.69) is 29.2 Å². The molecule has 0 bridgehead atoms. The van der Waals surface area contributed by atoms with Crippen LogP contribution in [0.4, 0.5) is 0 Å². The molecule has 6 nitrogen and oxygen atoms in total. The van der Waals surface area contributed by atoms with Crippen LogP contribution in [0.5, 0.6) is 5.75 Å². The number of piperidine rings is 1. The molecule has 200 valence electrons. The van der Waals surface area contributed by atoms with E-state index in [0.717, 1.165) is 50.0 Å². The number of Topliss-reactive ketones (excluding diaryl/α,β-unsaturated/α-hetero) is 1. The van der Waals surface area contributed by atoms with E-state index in [0.29, 0.717) is 17.5 Å². The van der Waals surface area contributed by atoms with Crippen LogP contribution >= 0.6 is 0 Å². The van der Waals surface area contributed by atoms with E-state index >= 15 is 0 Å². The molecule has 0 aromatic heterocycles. The highest BCUT2D eigenvalue weighted by molar-refractivity contribution is 5.96. The summed E-state index contributed by atoms with van der Waals surface area (Å²) >= 11 is 0. The molecular weight excluding hydrogens is 478 g/mol. The molecule has 2 N–H and O–H groups in total. The Kier molecular flexibility index (Phi) is 8.97. The summed E-state index contributed by atoms with van der Waals surface area (Å²) in [7, 11) is 0. The normalized spacial score (nSPS) is 15.0. The average molecular weight is 516 g/mol. The number of phenols is 1. The fourth-order valence-electron chi connectivity index (χ4n) is 5.02. The number of rotatable bonds is 11. The smallest absolute Gasteiger partial charge is 0.313 e. The van der Waals surface area contributed by atoms with Gasteiger partial charge in [0.1, 0.15) is 11.9 Å². The van der Waals surface area contributed by atoms with Gasteiger partial charge in [0.2, 0.25) is 0 Å². The summed E-state index contributed by atoms with van der Waals surface area (Å²) < 4.78 is 6.63. The molecule has 1 fully saturated rings. The van der Waals surface area contributed by atoms with E-state index in [1.54, 1.807) is 12.1 Å². The number of phenolic OH excluding ortho intramolecular Hbond substituents is 1. The largest absolute Gasteiger partial charge is 0.508 e. The fourth-order valence-corrected chi connectivity index (χ4v) is 5.02. The molecular formula is C32H37NO5. The van der Waals surface area contributed by atoms with E-state index in [9.17, 15) is 19.8 Å². The summed E-state index contributed by atoms with van der Waals surface area (Å²) in [5, 5.41) is 19.8. The van der Waals surface area contributed by atoms with Crippen LogP contribution in [-0.4, -0.2) is 52.6 Å². The quantitative estimate of drug-likeness (QED) is 0.305. The number of ether oxygens (including phenoxy) is 1. The molecule has 1 aliphatic heterocycles. The fraction of sp³-hybridized carbons (Fsp3) is 0.375. The molecule has 3 aromatic carbocycles. The second kappa shape index (κ2) is 12.4. The van der Waals surface area contributed by atoms with Gasteiger partial charge in [-0.3, -0.25) is 9.59 Å². The van der Waals surface area contributed by atoms with E-state index in [-0.39, 0.29) is 23.7 Å². The lowest BCUT2D eigenvalue weighted by atomic mass is 9.83. The van der Waals surface area contributed by atoms with Crippen LogP contribution in [0.2, 0.25) is 0 Å². The maximum atomic E-state index is 12.7. The number of carbonyl (C=O) groups excluding carboxylic acids is 1. The SMILES string of the molecule is CC(C)(C(=O)O)c1ccc(C(=O)CCCN2CCC(OC(c3ccccc3)c3ccccc3)CC2)cc1O. The molecule has 0 spiro atoms. The average Bonchev–Trinajstić information content (AvgIpc) is 2.93. The molecule has 1 saturated heterocycles. The number of benzene rings is 3. The van der Waals surface area contributed by atoms with Gasteiger partial charge in [0.15, 0.2) is 5.78 Å². The number of likely N-dealkylation sites (tertiary alicyclic amines) is 1. The van der Waals surface area contributed by atoms with Crippen LogP contribution in [-0.2, 0) is 14.9 Å². The standard InChI is InChI=1S/C32H37NO5/c1-32(2,31(36)37)27-16-15-25(22-29(27)35)28(34)14-9-19-33-20-17-26(18-21-33)38-30(23-10-5-3-6-11-23)24-12-7-4-8-13-24/h3-8,10-13,15-16,22,26,30,35H,9,14,17-21H2,1-2H3,(H,36,37). The number of hydrogen-bond acceptors (Lipinski definition) is 5. The van der Waals surface area contributed by atoms with Crippen LogP contribution in [0.1, 0.15) is 72.7 Å². The van der Waals surface area contributed by atoms with Gasteiger partial charge >= 0.3 is 5.97 Å². The van der Waals surface area contributed by atoms with Gasteiger partial charge < -0.3 is 19.8 Å². The van der Waals surface area contributed by atoms with Crippen molar-refractivity contribution in [1.82, 2.24) is 4.90 Å². The van der Waals surface area contributed by atoms with Crippen molar-refractivity contribution in [3.63, 3.8) is 0 Å². The van der Waals surface area contributed by atoms with E-state index in [4.69, 9.17) is 4.74 Å². The van der Waals surface area contributed by atoms with Crippen LogP contribution < -0.4 is 0 Å². The summed E-state index contributed by atoms with van der Waals surface area (Å²) in [5.74, 6) is -1.24. The number of aromatic hydroxyl groups is 1. The molecule has 1 aliphatic rings. The first-order valence-corrected chi connectivity index (χ1v) is 13.3. The van der Waals surface area contributed by atoms with Gasteiger partial charge in [0.25, 0.3) is 0 Å². The number of aliphatic carboxylic acids is 1. The Bertz CT molecular complexity index is 1180. The maximum absolute atomic E-state index is 12.7. The van der Waals surface area contributed by atoms with Gasteiger partial charge in [-0.1, -0.05) is 72.8 Å². The Morgan fingerprint density at radius 2 is 1.53 bits per heavy atom. The minimum atomic E-state index is -1.23. The summed E-state index contributed by atoms with van der Waals surface area (Å²) in [6.07, 6.45) is 3.08. The summed E-state index contributed by atoms with van der Waals surface area (Å²) in [6.45, 7) is 5.74. The highest BCUT2D eigenvalue weighted by Crippen LogP contribution is 2.33. The predicted octanol–water partition coefficient (Wildman–Crippen LogP) is 5.99. The monoisotopic (exact) mass is 515 g/mol. The lowest BCUT2D eigenvalue weighted by Crippen LogP contribution is -2.38. The first kappa shape index (κ1) is 27.6. The molecule has 0 radical (unpaired) electrons. The van der Waals surface area contributed by atoms with Crippen molar-refractivity contribution in [3.8, 4) is 5.75 Å². The molecule has 0 unspecified atom stereocenters. The van der Waals surface area contributed by atoms with Crippen LogP contribution in [0, 0.1) is 0 Å². The van der Waals surface area contributed by atoms with Crippen molar-refractivity contribution in [1.29, 1.82) is 0 Å². The lowest BCUT2D eigenvalue weighted by Gasteiger charge is -2.34. The van der Waals surface area contributed by atoms with E-state index in [1.165, 1.54) is 19.9 Å². The zero-order valence-electron chi connectivity index (χ0n) is 22.2. The molecule has 3 aromatic rings. The Hall–Kier alpha value is -3.48. The Morgan fingerprint density at radius 1 is 0.947 bits per heavy atom. The molecule has 0 amide bonds. The van der Waals surface area contributed by atoms with Gasteiger partial charge in [-0.25, -0.2) is 0 Å². The molecule has 0 saturated carbocycles. The lowest BCUT2D eigenvalue weighted by molar-refractivity contribution is -0.142. The third kappa shape index (κ3) is 6.69. The molecule has 6 heteroatoms. The minimum Gasteiger partial charge on any atom is -0.508 e. The predicted molar refractivity (Wildman–Crippen MR) is 148 cm³/mol. The number of ketones is 1. The first-order valence-electron chi connectivity index (χ1n) is 13.3. The number of nitrogens with zero attached hydrogens (tertiary/aromatic N) is 1. The third-order valence-corrected chi connectivity index (χ3v) is 7.47.